The first kappa shape index (κ1) is 12.3. The highest BCUT2D eigenvalue weighted by molar-refractivity contribution is 5.79. The summed E-state index contributed by atoms with van der Waals surface area (Å²) in [6.45, 7) is 5.40. The molecule has 0 radical (unpaired) electrons. The van der Waals surface area contributed by atoms with E-state index in [4.69, 9.17) is 4.74 Å². The normalized spacial score (nSPS) is 11.8. The van der Waals surface area contributed by atoms with E-state index >= 15 is 0 Å². The monoisotopic (exact) mass is 223 g/mol. The van der Waals surface area contributed by atoms with E-state index in [-0.39, 0.29) is 0 Å². The molecule has 0 aromatic carbocycles. The van der Waals surface area contributed by atoms with Crippen molar-refractivity contribution >= 4 is 12.3 Å². The molecular formula is C11H17N3O2. The number of carbonyl (C=O) groups excluding carboxylic acids is 1. The summed E-state index contributed by atoms with van der Waals surface area (Å²) in [6, 6.07) is 3.79. The predicted octanol–water partition coefficient (Wildman–Crippen LogP) is 1.88. The Bertz CT molecular complexity index is 388. The first-order valence-corrected chi connectivity index (χ1v) is 5.02. The Balaban J connectivity index is 2.44. The van der Waals surface area contributed by atoms with Crippen molar-refractivity contribution in [1.29, 1.82) is 0 Å². The number of hydrogen-bond acceptors (Lipinski definition) is 3. The second-order valence-corrected chi connectivity index (χ2v) is 4.42. The van der Waals surface area contributed by atoms with Crippen LogP contribution in [-0.4, -0.2) is 22.5 Å². The van der Waals surface area contributed by atoms with Crippen LogP contribution in [0.5, 0.6) is 0 Å². The summed E-state index contributed by atoms with van der Waals surface area (Å²) in [4.78, 5) is 11.2. The summed E-state index contributed by atoms with van der Waals surface area (Å²) in [6.07, 6.45) is 2.90. The Morgan fingerprint density at radius 2 is 2.25 bits per heavy atom. The topological polar surface area (TPSA) is 55.6 Å². The van der Waals surface area contributed by atoms with Gasteiger partial charge in [0.2, 0.25) is 0 Å². The van der Waals surface area contributed by atoms with Gasteiger partial charge >= 0.3 is 6.09 Å². The molecule has 0 atom stereocenters. The second-order valence-electron chi connectivity index (χ2n) is 4.42. The maximum Gasteiger partial charge on any atom is 0.428 e. The van der Waals surface area contributed by atoms with Crippen molar-refractivity contribution < 1.29 is 9.53 Å². The van der Waals surface area contributed by atoms with Gasteiger partial charge in [-0.15, -0.1) is 0 Å². The third kappa shape index (κ3) is 4.16. The van der Waals surface area contributed by atoms with Crippen LogP contribution >= 0.6 is 0 Å². The third-order valence-electron chi connectivity index (χ3n) is 1.74. The fourth-order valence-electron chi connectivity index (χ4n) is 1.06. The number of nitrogens with one attached hydrogen (secondary N) is 1. The molecule has 0 unspecified atom stereocenters. The van der Waals surface area contributed by atoms with Gasteiger partial charge in [-0.25, -0.2) is 10.2 Å². The highest BCUT2D eigenvalue weighted by Gasteiger charge is 2.15. The molecule has 1 aromatic rings. The van der Waals surface area contributed by atoms with Crippen molar-refractivity contribution in [2.45, 2.75) is 26.4 Å². The van der Waals surface area contributed by atoms with Gasteiger partial charge in [-0.3, -0.25) is 0 Å². The highest BCUT2D eigenvalue weighted by atomic mass is 16.6. The predicted molar refractivity (Wildman–Crippen MR) is 62.4 cm³/mol. The van der Waals surface area contributed by atoms with Crippen molar-refractivity contribution in [3.8, 4) is 0 Å². The molecule has 0 bridgehead atoms. The number of carbonyl (C=O) groups is 1. The van der Waals surface area contributed by atoms with Crippen LogP contribution in [0.2, 0.25) is 0 Å². The van der Waals surface area contributed by atoms with Crippen molar-refractivity contribution in [1.82, 2.24) is 9.99 Å². The lowest BCUT2D eigenvalue weighted by molar-refractivity contribution is 0.0529. The maximum atomic E-state index is 11.2. The summed E-state index contributed by atoms with van der Waals surface area (Å²) in [7, 11) is 1.90. The lowest BCUT2D eigenvalue weighted by atomic mass is 10.2. The molecule has 0 aliphatic rings. The van der Waals surface area contributed by atoms with Gasteiger partial charge in [0.05, 0.1) is 11.9 Å². The fourth-order valence-corrected chi connectivity index (χ4v) is 1.06. The van der Waals surface area contributed by atoms with Gasteiger partial charge < -0.3 is 9.30 Å². The van der Waals surface area contributed by atoms with Gasteiger partial charge in [0.1, 0.15) is 5.60 Å². The molecule has 16 heavy (non-hydrogen) atoms. The van der Waals surface area contributed by atoms with E-state index in [2.05, 4.69) is 10.5 Å². The Kier molecular flexibility index (Phi) is 3.71. The van der Waals surface area contributed by atoms with Gasteiger partial charge in [-0.2, -0.15) is 5.10 Å². The maximum absolute atomic E-state index is 11.2. The van der Waals surface area contributed by atoms with Crippen LogP contribution in [0.4, 0.5) is 4.79 Å². The Labute approximate surface area is 95.1 Å². The standard InChI is InChI=1S/C11H17N3O2/c1-11(2,3)16-10(15)13-12-8-9-6-5-7-14(9)4/h5-8H,1-4H3,(H,13,15)/b12-8-. The molecule has 1 N–H and O–H groups in total. The molecule has 1 amide bonds. The van der Waals surface area contributed by atoms with Crippen molar-refractivity contribution in [3.63, 3.8) is 0 Å². The molecule has 0 spiro atoms. The van der Waals surface area contributed by atoms with Gasteiger partial charge in [-0.05, 0) is 32.9 Å². The van der Waals surface area contributed by atoms with Gasteiger partial charge in [-0.1, -0.05) is 0 Å². The molecule has 0 aliphatic heterocycles. The average molecular weight is 223 g/mol. The van der Waals surface area contributed by atoms with E-state index in [1.165, 1.54) is 0 Å². The van der Waals surface area contributed by atoms with Gasteiger partial charge in [0, 0.05) is 13.2 Å². The Morgan fingerprint density at radius 1 is 1.56 bits per heavy atom. The van der Waals surface area contributed by atoms with Crippen LogP contribution in [-0.2, 0) is 11.8 Å². The van der Waals surface area contributed by atoms with E-state index in [9.17, 15) is 4.79 Å². The van der Waals surface area contributed by atoms with Crippen LogP contribution in [0.1, 0.15) is 26.5 Å². The van der Waals surface area contributed by atoms with E-state index < -0.39 is 11.7 Å². The minimum Gasteiger partial charge on any atom is -0.443 e. The molecule has 5 heteroatoms. The van der Waals surface area contributed by atoms with E-state index in [1.54, 1.807) is 27.0 Å². The van der Waals surface area contributed by atoms with Crippen molar-refractivity contribution in [2.24, 2.45) is 12.1 Å². The number of rotatable bonds is 2. The number of hydrazone groups is 1. The first-order chi connectivity index (χ1) is 7.38. The van der Waals surface area contributed by atoms with E-state index in [0.717, 1.165) is 5.69 Å². The average Bonchev–Trinajstić information content (AvgIpc) is 2.48. The molecule has 88 valence electrons. The zero-order valence-electron chi connectivity index (χ0n) is 10.0. The molecule has 1 heterocycles. The molecule has 0 saturated heterocycles. The van der Waals surface area contributed by atoms with Crippen LogP contribution in [0.25, 0.3) is 0 Å². The number of hydrogen-bond donors (Lipinski definition) is 1. The lowest BCUT2D eigenvalue weighted by Gasteiger charge is -2.18. The van der Waals surface area contributed by atoms with Gasteiger partial charge in [0.15, 0.2) is 0 Å². The SMILES string of the molecule is Cn1cccc1/C=N\NC(=O)OC(C)(C)C. The zero-order chi connectivity index (χ0) is 12.2. The van der Waals surface area contributed by atoms with Crippen molar-refractivity contribution in [2.75, 3.05) is 0 Å². The third-order valence-corrected chi connectivity index (χ3v) is 1.74. The first-order valence-electron chi connectivity index (χ1n) is 5.02. The van der Waals surface area contributed by atoms with Crippen LogP contribution < -0.4 is 5.43 Å². The number of ether oxygens (including phenoxy) is 1. The highest BCUT2D eigenvalue weighted by Crippen LogP contribution is 2.06. The fraction of sp³-hybridized carbons (Fsp3) is 0.455. The second kappa shape index (κ2) is 4.83. The number of aryl methyl sites for hydroxylation is 1. The van der Waals surface area contributed by atoms with Crippen LogP contribution in [0.3, 0.4) is 0 Å². The summed E-state index contributed by atoms with van der Waals surface area (Å²) >= 11 is 0. The molecule has 0 fully saturated rings. The lowest BCUT2D eigenvalue weighted by Crippen LogP contribution is -2.29. The van der Waals surface area contributed by atoms with Crippen LogP contribution in [0, 0.1) is 0 Å². The minimum absolute atomic E-state index is 0.509. The minimum atomic E-state index is -0.557. The number of nitrogens with zero attached hydrogens (tertiary/aromatic N) is 2. The summed E-state index contributed by atoms with van der Waals surface area (Å²) in [5.41, 5.74) is 2.69. The molecule has 0 aliphatic carbocycles. The zero-order valence-corrected chi connectivity index (χ0v) is 10.0. The number of aromatic nitrogens is 1. The summed E-state index contributed by atoms with van der Waals surface area (Å²) in [5.74, 6) is 0. The Morgan fingerprint density at radius 3 is 2.75 bits per heavy atom. The summed E-state index contributed by atoms with van der Waals surface area (Å²) < 4.78 is 6.91. The Hall–Kier alpha value is -1.78. The van der Waals surface area contributed by atoms with E-state index in [1.807, 2.05) is 29.9 Å². The molecular weight excluding hydrogens is 206 g/mol. The van der Waals surface area contributed by atoms with E-state index in [0.29, 0.717) is 0 Å². The van der Waals surface area contributed by atoms with Gasteiger partial charge in [0.25, 0.3) is 0 Å². The number of amides is 1. The largest absolute Gasteiger partial charge is 0.443 e. The smallest absolute Gasteiger partial charge is 0.428 e. The molecule has 0 saturated carbocycles. The summed E-state index contributed by atoms with van der Waals surface area (Å²) in [5, 5.41) is 3.79. The quantitative estimate of drug-likeness (QED) is 0.614. The molecule has 1 rings (SSSR count). The molecule has 1 aromatic heterocycles. The van der Waals surface area contributed by atoms with Crippen LogP contribution in [0.15, 0.2) is 23.4 Å². The van der Waals surface area contributed by atoms with Crippen molar-refractivity contribution in [3.05, 3.63) is 24.0 Å². The molecule has 5 nitrogen and oxygen atoms in total.